The molecule has 0 aromatic carbocycles. The minimum Gasteiger partial charge on any atom is -0.384 e. The normalized spacial score (nSPS) is 11.0. The van der Waals surface area contributed by atoms with Gasteiger partial charge in [-0.25, -0.2) is 4.99 Å². The minimum atomic E-state index is 0. The van der Waals surface area contributed by atoms with E-state index in [1.54, 1.807) is 6.08 Å². The van der Waals surface area contributed by atoms with Crippen LogP contribution in [0.5, 0.6) is 0 Å². The van der Waals surface area contributed by atoms with E-state index in [0.717, 1.165) is 0 Å². The molecule has 0 heterocycles. The number of nitrogens with zero attached hydrogens (tertiary/aromatic N) is 1. The third-order valence-corrected chi connectivity index (χ3v) is 0.642. The fraction of sp³-hybridized carbons (Fsp3) is 0.286. The largest absolute Gasteiger partial charge is 0.384 e. The Labute approximate surface area is 56.8 Å². The molecule has 0 aromatic heterocycles. The topological polar surface area (TPSA) is 38.4 Å². The van der Waals surface area contributed by atoms with Gasteiger partial charge in [-0.3, -0.25) is 0 Å². The number of aliphatic imine (C=N–C) groups is 1. The maximum absolute atomic E-state index is 5.24. The highest BCUT2D eigenvalue weighted by molar-refractivity contribution is 5.28. The van der Waals surface area contributed by atoms with E-state index in [9.17, 15) is 0 Å². The fourth-order valence-electron chi connectivity index (χ4n) is 0.248. The average molecular weight is 126 g/mol. The monoisotopic (exact) mass is 126 g/mol. The third kappa shape index (κ3) is 6.95. The Bertz CT molecular complexity index is 123. The zero-order chi connectivity index (χ0) is 6.41. The van der Waals surface area contributed by atoms with Crippen LogP contribution in [0, 0.1) is 0 Å². The summed E-state index contributed by atoms with van der Waals surface area (Å²) < 4.78 is 0. The molecule has 9 heavy (non-hydrogen) atoms. The Morgan fingerprint density at radius 1 is 1.67 bits per heavy atom. The van der Waals surface area contributed by atoms with Crippen molar-refractivity contribution in [1.29, 1.82) is 0 Å². The van der Waals surface area contributed by atoms with E-state index in [4.69, 9.17) is 5.73 Å². The van der Waals surface area contributed by atoms with E-state index in [0.29, 0.717) is 5.82 Å². The first-order valence-electron chi connectivity index (χ1n) is 2.36. The number of hydrogen-bond acceptors (Lipinski definition) is 2. The van der Waals surface area contributed by atoms with E-state index in [1.807, 2.05) is 19.1 Å². The Balaban J connectivity index is 0. The lowest BCUT2D eigenvalue weighted by atomic mass is 10.5. The van der Waals surface area contributed by atoms with Gasteiger partial charge in [0.2, 0.25) is 0 Å². The molecule has 2 N–H and O–H groups in total. The molecule has 52 valence electrons. The molecule has 0 fully saturated rings. The summed E-state index contributed by atoms with van der Waals surface area (Å²) >= 11 is 0. The molecule has 0 spiro atoms. The maximum atomic E-state index is 5.24. The molecule has 2 heteroatoms. The summed E-state index contributed by atoms with van der Waals surface area (Å²) in [6.45, 7) is 5.15. The minimum absolute atomic E-state index is 0. The molecule has 2 nitrogen and oxygen atoms in total. The molecule has 0 atom stereocenters. The molecule has 0 aliphatic carbocycles. The second-order valence-electron chi connectivity index (χ2n) is 1.28. The van der Waals surface area contributed by atoms with E-state index in [2.05, 4.69) is 11.7 Å². The van der Waals surface area contributed by atoms with Crippen molar-refractivity contribution in [3.63, 3.8) is 0 Å². The van der Waals surface area contributed by atoms with Crippen molar-refractivity contribution in [3.8, 4) is 0 Å². The zero-order valence-electron chi connectivity index (χ0n) is 4.96. The second kappa shape index (κ2) is 6.95. The van der Waals surface area contributed by atoms with Gasteiger partial charge >= 0.3 is 0 Å². The van der Waals surface area contributed by atoms with Crippen molar-refractivity contribution in [2.24, 2.45) is 10.7 Å². The fourth-order valence-corrected chi connectivity index (χ4v) is 0.248. The molecule has 0 amide bonds. The summed E-state index contributed by atoms with van der Waals surface area (Å²) in [5.41, 5.74) is 5.24. The highest BCUT2D eigenvalue weighted by atomic mass is 14.9. The van der Waals surface area contributed by atoms with Crippen LogP contribution in [0.1, 0.15) is 14.4 Å². The quantitative estimate of drug-likeness (QED) is 0.444. The first-order chi connectivity index (χ1) is 3.81. The summed E-state index contributed by atoms with van der Waals surface area (Å²) in [5.74, 6) is 0.447. The van der Waals surface area contributed by atoms with Gasteiger partial charge in [0, 0.05) is 0 Å². The lowest BCUT2D eigenvalue weighted by Gasteiger charge is -1.82. The Kier molecular flexibility index (Phi) is 8.38. The van der Waals surface area contributed by atoms with Gasteiger partial charge in [-0.2, -0.15) is 0 Å². The van der Waals surface area contributed by atoms with Crippen LogP contribution in [-0.4, -0.2) is 6.72 Å². The van der Waals surface area contributed by atoms with Crippen LogP contribution in [0.3, 0.4) is 0 Å². The van der Waals surface area contributed by atoms with Gasteiger partial charge in [0.25, 0.3) is 0 Å². The van der Waals surface area contributed by atoms with Gasteiger partial charge < -0.3 is 5.73 Å². The molecule has 0 aliphatic rings. The molecule has 0 unspecified atom stereocenters. The van der Waals surface area contributed by atoms with Gasteiger partial charge in [0.1, 0.15) is 5.82 Å². The number of rotatable bonds is 2. The van der Waals surface area contributed by atoms with Gasteiger partial charge in [-0.1, -0.05) is 19.6 Å². The molecule has 0 saturated carbocycles. The summed E-state index contributed by atoms with van der Waals surface area (Å²) in [6, 6.07) is 0. The van der Waals surface area contributed by atoms with Crippen molar-refractivity contribution in [1.82, 2.24) is 0 Å². The van der Waals surface area contributed by atoms with Gasteiger partial charge in [0.15, 0.2) is 0 Å². The molecule has 0 aliphatic heterocycles. The molecule has 0 saturated heterocycles. The highest BCUT2D eigenvalue weighted by Gasteiger charge is 1.71. The SMILES string of the molecule is C.C=N/C(N)=C\C=C/C. The van der Waals surface area contributed by atoms with Crippen molar-refractivity contribution in [2.75, 3.05) is 0 Å². The third-order valence-electron chi connectivity index (χ3n) is 0.642. The van der Waals surface area contributed by atoms with Crippen molar-refractivity contribution in [3.05, 3.63) is 24.0 Å². The van der Waals surface area contributed by atoms with Crippen LogP contribution in [0.15, 0.2) is 29.0 Å². The van der Waals surface area contributed by atoms with E-state index in [1.165, 1.54) is 0 Å². The first kappa shape index (κ1) is 10.8. The standard InChI is InChI=1S/C6H10N2.CH4/c1-3-4-5-6(7)8-2;/h3-5H,2,7H2,1H3;1H4/b4-3-,6-5-;. The van der Waals surface area contributed by atoms with E-state index in [-0.39, 0.29) is 7.43 Å². The van der Waals surface area contributed by atoms with Crippen molar-refractivity contribution >= 4 is 6.72 Å². The number of nitrogens with two attached hydrogens (primary N) is 1. The lowest BCUT2D eigenvalue weighted by molar-refractivity contribution is 1.26. The molecule has 0 rings (SSSR count). The van der Waals surface area contributed by atoms with Crippen LogP contribution in [0.4, 0.5) is 0 Å². The van der Waals surface area contributed by atoms with Gasteiger partial charge in [-0.15, -0.1) is 0 Å². The summed E-state index contributed by atoms with van der Waals surface area (Å²) in [7, 11) is 0. The summed E-state index contributed by atoms with van der Waals surface area (Å²) in [4.78, 5) is 3.46. The van der Waals surface area contributed by atoms with Crippen LogP contribution in [-0.2, 0) is 0 Å². The Morgan fingerprint density at radius 2 is 2.22 bits per heavy atom. The van der Waals surface area contributed by atoms with Crippen LogP contribution in [0.2, 0.25) is 0 Å². The van der Waals surface area contributed by atoms with Crippen molar-refractivity contribution in [2.45, 2.75) is 14.4 Å². The summed E-state index contributed by atoms with van der Waals surface area (Å²) in [6.07, 6.45) is 5.37. The number of hydrogen-bond donors (Lipinski definition) is 1. The van der Waals surface area contributed by atoms with Crippen LogP contribution < -0.4 is 5.73 Å². The zero-order valence-corrected chi connectivity index (χ0v) is 4.96. The Hall–Kier alpha value is -1.05. The predicted octanol–water partition coefficient (Wildman–Crippen LogP) is 1.70. The molecule has 0 aromatic rings. The average Bonchev–Trinajstić information content (AvgIpc) is 1.83. The number of allylic oxidation sites excluding steroid dienone is 3. The van der Waals surface area contributed by atoms with E-state index >= 15 is 0 Å². The van der Waals surface area contributed by atoms with E-state index < -0.39 is 0 Å². The predicted molar refractivity (Wildman–Crippen MR) is 43.4 cm³/mol. The molecule has 0 radical (unpaired) electrons. The lowest BCUT2D eigenvalue weighted by Crippen LogP contribution is -1.89. The van der Waals surface area contributed by atoms with Crippen LogP contribution >= 0.6 is 0 Å². The second-order valence-corrected chi connectivity index (χ2v) is 1.28. The highest BCUT2D eigenvalue weighted by Crippen LogP contribution is 1.83. The maximum Gasteiger partial charge on any atom is 0.122 e. The first-order valence-corrected chi connectivity index (χ1v) is 2.36. The Morgan fingerprint density at radius 3 is 2.56 bits per heavy atom. The van der Waals surface area contributed by atoms with Crippen LogP contribution in [0.25, 0.3) is 0 Å². The molecular formula is C7H14N2. The summed E-state index contributed by atoms with van der Waals surface area (Å²) in [5, 5.41) is 0. The molecular weight excluding hydrogens is 112 g/mol. The smallest absolute Gasteiger partial charge is 0.122 e. The van der Waals surface area contributed by atoms with Gasteiger partial charge in [-0.05, 0) is 19.7 Å². The van der Waals surface area contributed by atoms with Crippen molar-refractivity contribution < 1.29 is 0 Å². The molecule has 0 bridgehead atoms. The van der Waals surface area contributed by atoms with Gasteiger partial charge in [0.05, 0.1) is 0 Å².